The number of carbonyl (C=O) groups is 1. The van der Waals surface area contributed by atoms with E-state index in [2.05, 4.69) is 5.32 Å². The van der Waals surface area contributed by atoms with Gasteiger partial charge in [0.2, 0.25) is 5.91 Å². The number of amides is 1. The third kappa shape index (κ3) is 4.63. The van der Waals surface area contributed by atoms with E-state index in [0.29, 0.717) is 0 Å². The van der Waals surface area contributed by atoms with E-state index in [1.807, 2.05) is 6.07 Å². The van der Waals surface area contributed by atoms with Gasteiger partial charge in [0.25, 0.3) is 0 Å². The van der Waals surface area contributed by atoms with E-state index in [4.69, 9.17) is 16.9 Å². The van der Waals surface area contributed by atoms with Crippen LogP contribution in [0.1, 0.15) is 20.3 Å². The summed E-state index contributed by atoms with van der Waals surface area (Å²) < 4.78 is 0. The lowest BCUT2D eigenvalue weighted by Crippen LogP contribution is -2.42. The Morgan fingerprint density at radius 1 is 1.73 bits per heavy atom. The molecule has 11 heavy (non-hydrogen) atoms. The van der Waals surface area contributed by atoms with Crippen molar-refractivity contribution in [3.8, 4) is 6.07 Å². The minimum Gasteiger partial charge on any atom is -0.338 e. The lowest BCUT2D eigenvalue weighted by Gasteiger charge is -2.16. The minimum absolute atomic E-state index is 0.188. The third-order valence-corrected chi connectivity index (χ3v) is 1.24. The Balaban J connectivity index is 3.86. The predicted octanol–water partition coefficient (Wildman–Crippen LogP) is 1.03. The largest absolute Gasteiger partial charge is 0.338 e. The molecule has 0 saturated heterocycles. The fourth-order valence-corrected chi connectivity index (χ4v) is 0.696. The van der Waals surface area contributed by atoms with Crippen LogP contribution >= 0.6 is 11.6 Å². The molecule has 0 saturated carbocycles. The lowest BCUT2D eigenvalue weighted by atomic mass is 10.1. The molecular weight excluding hydrogens is 164 g/mol. The van der Waals surface area contributed by atoms with Crippen LogP contribution in [0.3, 0.4) is 0 Å². The van der Waals surface area contributed by atoms with Crippen LogP contribution in [0.5, 0.6) is 0 Å². The van der Waals surface area contributed by atoms with Gasteiger partial charge in [-0.05, 0) is 13.8 Å². The summed E-state index contributed by atoms with van der Waals surface area (Å²) in [6.07, 6.45) is 0.257. The molecule has 0 aliphatic heterocycles. The highest BCUT2D eigenvalue weighted by atomic mass is 35.5. The first-order valence-electron chi connectivity index (χ1n) is 3.30. The first-order chi connectivity index (χ1) is 5.02. The van der Waals surface area contributed by atoms with Crippen LogP contribution in [-0.2, 0) is 4.79 Å². The van der Waals surface area contributed by atoms with Crippen molar-refractivity contribution in [1.82, 2.24) is 5.32 Å². The number of nitrogens with zero attached hydrogens (tertiary/aromatic N) is 1. The molecule has 0 aromatic heterocycles. The highest BCUT2D eigenvalue weighted by Gasteiger charge is 2.18. The van der Waals surface area contributed by atoms with Gasteiger partial charge in [-0.15, -0.1) is 11.6 Å². The van der Waals surface area contributed by atoms with E-state index < -0.39 is 5.54 Å². The number of alkyl halides is 1. The number of hydrogen-bond acceptors (Lipinski definition) is 2. The Morgan fingerprint density at radius 3 is 2.64 bits per heavy atom. The van der Waals surface area contributed by atoms with Crippen molar-refractivity contribution >= 4 is 17.5 Å². The molecule has 0 aromatic carbocycles. The van der Waals surface area contributed by atoms with Crippen molar-refractivity contribution in [2.75, 3.05) is 5.88 Å². The average Bonchev–Trinajstić information content (AvgIpc) is 1.87. The van der Waals surface area contributed by atoms with E-state index in [0.717, 1.165) is 0 Å². The van der Waals surface area contributed by atoms with Crippen molar-refractivity contribution < 1.29 is 4.79 Å². The Morgan fingerprint density at radius 2 is 2.27 bits per heavy atom. The van der Waals surface area contributed by atoms with E-state index in [1.165, 1.54) is 0 Å². The van der Waals surface area contributed by atoms with Crippen molar-refractivity contribution in [3.63, 3.8) is 0 Å². The molecule has 0 aliphatic rings. The van der Waals surface area contributed by atoms with Crippen LogP contribution in [0.4, 0.5) is 0 Å². The Bertz CT molecular complexity index is 183. The van der Waals surface area contributed by atoms with Gasteiger partial charge >= 0.3 is 0 Å². The molecule has 62 valence electrons. The summed E-state index contributed by atoms with van der Waals surface area (Å²) in [7, 11) is 0. The quantitative estimate of drug-likeness (QED) is 0.650. The lowest BCUT2D eigenvalue weighted by molar-refractivity contribution is -0.121. The van der Waals surface area contributed by atoms with Crippen LogP contribution in [0.25, 0.3) is 0 Å². The first-order valence-corrected chi connectivity index (χ1v) is 3.83. The van der Waals surface area contributed by atoms with Gasteiger partial charge < -0.3 is 5.32 Å². The molecule has 0 rings (SSSR count). The summed E-state index contributed by atoms with van der Waals surface area (Å²) >= 11 is 5.32. The second kappa shape index (κ2) is 4.20. The molecule has 0 unspecified atom stereocenters. The molecule has 4 heteroatoms. The number of halogens is 1. The molecule has 0 heterocycles. The summed E-state index contributed by atoms with van der Waals surface area (Å²) in [5.41, 5.74) is -0.789. The van der Waals surface area contributed by atoms with Crippen LogP contribution < -0.4 is 5.32 Å². The van der Waals surface area contributed by atoms with Gasteiger partial charge in [-0.3, -0.25) is 4.79 Å². The first kappa shape index (κ1) is 10.2. The standard InChI is InChI=1S/C7H11ClN2O/c1-7(2,5-9)10-6(11)3-4-8/h3-4H2,1-2H3,(H,10,11). The zero-order valence-corrected chi connectivity index (χ0v) is 7.40. The fourth-order valence-electron chi connectivity index (χ4n) is 0.525. The third-order valence-electron chi connectivity index (χ3n) is 1.05. The number of nitriles is 1. The monoisotopic (exact) mass is 174 g/mol. The molecule has 0 aliphatic carbocycles. The zero-order valence-electron chi connectivity index (χ0n) is 6.65. The molecule has 0 atom stereocenters. The molecule has 0 radical (unpaired) electrons. The van der Waals surface area contributed by atoms with Crippen LogP contribution in [0, 0.1) is 11.3 Å². The van der Waals surface area contributed by atoms with Crippen molar-refractivity contribution in [1.29, 1.82) is 5.26 Å². The van der Waals surface area contributed by atoms with Crippen molar-refractivity contribution in [2.24, 2.45) is 0 Å². The van der Waals surface area contributed by atoms with Crippen LogP contribution in [-0.4, -0.2) is 17.3 Å². The Kier molecular flexibility index (Phi) is 3.91. The van der Waals surface area contributed by atoms with Crippen molar-refractivity contribution in [3.05, 3.63) is 0 Å². The van der Waals surface area contributed by atoms with E-state index >= 15 is 0 Å². The zero-order chi connectivity index (χ0) is 8.91. The fraction of sp³-hybridized carbons (Fsp3) is 0.714. The molecule has 0 bridgehead atoms. The number of hydrogen-bond donors (Lipinski definition) is 1. The van der Waals surface area contributed by atoms with Gasteiger partial charge in [0, 0.05) is 12.3 Å². The Labute approximate surface area is 71.3 Å². The highest BCUT2D eigenvalue weighted by molar-refractivity contribution is 6.18. The van der Waals surface area contributed by atoms with Crippen molar-refractivity contribution in [2.45, 2.75) is 25.8 Å². The average molecular weight is 175 g/mol. The van der Waals surface area contributed by atoms with Gasteiger partial charge in [-0.2, -0.15) is 5.26 Å². The summed E-state index contributed by atoms with van der Waals surface area (Å²) in [6, 6.07) is 1.96. The molecule has 1 N–H and O–H groups in total. The second-order valence-corrected chi connectivity index (χ2v) is 3.10. The molecular formula is C7H11ClN2O. The van der Waals surface area contributed by atoms with E-state index in [9.17, 15) is 4.79 Å². The summed E-state index contributed by atoms with van der Waals surface area (Å²) in [6.45, 7) is 3.28. The molecule has 0 fully saturated rings. The van der Waals surface area contributed by atoms with E-state index in [1.54, 1.807) is 13.8 Å². The molecule has 1 amide bonds. The van der Waals surface area contributed by atoms with Gasteiger partial charge in [0.1, 0.15) is 5.54 Å². The smallest absolute Gasteiger partial charge is 0.222 e. The van der Waals surface area contributed by atoms with Gasteiger partial charge in [-0.25, -0.2) is 0 Å². The maximum Gasteiger partial charge on any atom is 0.222 e. The highest BCUT2D eigenvalue weighted by Crippen LogP contribution is 1.99. The number of rotatable bonds is 3. The molecule has 3 nitrogen and oxygen atoms in total. The molecule has 0 spiro atoms. The maximum atomic E-state index is 10.9. The second-order valence-electron chi connectivity index (χ2n) is 2.72. The van der Waals surface area contributed by atoms with Crippen LogP contribution in [0.15, 0.2) is 0 Å². The summed E-state index contributed by atoms with van der Waals surface area (Å²) in [4.78, 5) is 10.9. The summed E-state index contributed by atoms with van der Waals surface area (Å²) in [5.74, 6) is 0.0967. The van der Waals surface area contributed by atoms with Crippen LogP contribution in [0.2, 0.25) is 0 Å². The number of nitrogens with one attached hydrogen (secondary N) is 1. The van der Waals surface area contributed by atoms with Gasteiger partial charge in [-0.1, -0.05) is 0 Å². The SMILES string of the molecule is CC(C)(C#N)NC(=O)CCCl. The van der Waals surface area contributed by atoms with Gasteiger partial charge in [0.15, 0.2) is 0 Å². The minimum atomic E-state index is -0.789. The normalized spacial score (nSPS) is 10.4. The molecule has 0 aromatic rings. The maximum absolute atomic E-state index is 10.9. The van der Waals surface area contributed by atoms with E-state index in [-0.39, 0.29) is 18.2 Å². The number of carbonyl (C=O) groups excluding carboxylic acids is 1. The topological polar surface area (TPSA) is 52.9 Å². The predicted molar refractivity (Wildman–Crippen MR) is 43.2 cm³/mol. The van der Waals surface area contributed by atoms with Gasteiger partial charge in [0.05, 0.1) is 6.07 Å². The Hall–Kier alpha value is -0.750. The summed E-state index contributed by atoms with van der Waals surface area (Å²) in [5, 5.41) is 11.0.